The van der Waals surface area contributed by atoms with Gasteiger partial charge in [0.2, 0.25) is 0 Å². The van der Waals surface area contributed by atoms with Crippen molar-refractivity contribution in [3.63, 3.8) is 0 Å². The standard InChI is InChI=1S/C14H14Cl2N4O/c1-3-17-13-7-18-12(6-19-13)14(21)20-11-5-9(15)8(2)4-10(11)16/h4-7H,3H2,1-2H3,(H,17,19)(H,20,21). The molecule has 1 aromatic heterocycles. The molecule has 0 saturated heterocycles. The van der Waals surface area contributed by atoms with Crippen LogP contribution in [0.5, 0.6) is 0 Å². The van der Waals surface area contributed by atoms with Crippen LogP contribution in [0, 0.1) is 6.92 Å². The largest absolute Gasteiger partial charge is 0.369 e. The maximum atomic E-state index is 12.1. The number of hydrogen-bond acceptors (Lipinski definition) is 4. The lowest BCUT2D eigenvalue weighted by atomic mass is 10.2. The first kappa shape index (κ1) is 15.5. The second-order valence-corrected chi connectivity index (χ2v) is 5.17. The molecular weight excluding hydrogens is 311 g/mol. The molecule has 0 fully saturated rings. The lowest BCUT2D eigenvalue weighted by molar-refractivity contribution is 0.102. The highest BCUT2D eigenvalue weighted by atomic mass is 35.5. The minimum atomic E-state index is -0.396. The first-order chi connectivity index (χ1) is 10.0. The van der Waals surface area contributed by atoms with Gasteiger partial charge in [-0.15, -0.1) is 0 Å². The second-order valence-electron chi connectivity index (χ2n) is 4.35. The van der Waals surface area contributed by atoms with Crippen molar-refractivity contribution in [2.45, 2.75) is 13.8 Å². The number of hydrogen-bond donors (Lipinski definition) is 2. The van der Waals surface area contributed by atoms with Crippen molar-refractivity contribution in [3.05, 3.63) is 45.8 Å². The van der Waals surface area contributed by atoms with E-state index in [9.17, 15) is 4.79 Å². The van der Waals surface area contributed by atoms with Crippen LogP contribution in [0.4, 0.5) is 11.5 Å². The van der Waals surface area contributed by atoms with E-state index in [1.807, 2.05) is 13.8 Å². The molecule has 1 heterocycles. The molecule has 110 valence electrons. The molecule has 0 spiro atoms. The number of anilines is 2. The summed E-state index contributed by atoms with van der Waals surface area (Å²) in [6.45, 7) is 4.52. The molecule has 5 nitrogen and oxygen atoms in total. The summed E-state index contributed by atoms with van der Waals surface area (Å²) in [5, 5.41) is 6.62. The molecule has 2 rings (SSSR count). The number of amides is 1. The molecule has 7 heteroatoms. The molecular formula is C14H14Cl2N4O. The molecule has 0 atom stereocenters. The van der Waals surface area contributed by atoms with Crippen molar-refractivity contribution >= 4 is 40.6 Å². The van der Waals surface area contributed by atoms with Gasteiger partial charge in [-0.05, 0) is 31.5 Å². The van der Waals surface area contributed by atoms with Gasteiger partial charge in [-0.3, -0.25) is 4.79 Å². The number of aromatic nitrogens is 2. The van der Waals surface area contributed by atoms with E-state index < -0.39 is 5.91 Å². The Bertz CT molecular complexity index is 659. The number of benzene rings is 1. The van der Waals surface area contributed by atoms with Crippen molar-refractivity contribution in [1.29, 1.82) is 0 Å². The molecule has 1 aromatic carbocycles. The lowest BCUT2D eigenvalue weighted by Crippen LogP contribution is -2.15. The molecule has 2 N–H and O–H groups in total. The topological polar surface area (TPSA) is 66.9 Å². The molecule has 1 amide bonds. The zero-order chi connectivity index (χ0) is 15.4. The van der Waals surface area contributed by atoms with Gasteiger partial charge in [0.05, 0.1) is 23.1 Å². The quantitative estimate of drug-likeness (QED) is 0.898. The normalized spacial score (nSPS) is 10.3. The average molecular weight is 325 g/mol. The molecule has 0 unspecified atom stereocenters. The average Bonchev–Trinajstić information content (AvgIpc) is 2.46. The molecule has 21 heavy (non-hydrogen) atoms. The molecule has 2 aromatic rings. The summed E-state index contributed by atoms with van der Waals surface area (Å²) in [6.07, 6.45) is 2.90. The Morgan fingerprint density at radius 1 is 1.19 bits per heavy atom. The van der Waals surface area contributed by atoms with E-state index in [1.165, 1.54) is 12.4 Å². The number of nitrogens with zero attached hydrogens (tertiary/aromatic N) is 2. The van der Waals surface area contributed by atoms with Crippen LogP contribution in [0.15, 0.2) is 24.5 Å². The van der Waals surface area contributed by atoms with Crippen LogP contribution in [-0.4, -0.2) is 22.4 Å². The lowest BCUT2D eigenvalue weighted by Gasteiger charge is -2.09. The SMILES string of the molecule is CCNc1cnc(C(=O)Nc2cc(Cl)c(C)cc2Cl)cn1. The second kappa shape index (κ2) is 6.74. The van der Waals surface area contributed by atoms with Crippen LogP contribution in [0.2, 0.25) is 10.0 Å². The predicted octanol–water partition coefficient (Wildman–Crippen LogP) is 3.78. The van der Waals surface area contributed by atoms with Gasteiger partial charge >= 0.3 is 0 Å². The van der Waals surface area contributed by atoms with Gasteiger partial charge in [0.1, 0.15) is 11.5 Å². The monoisotopic (exact) mass is 324 g/mol. The van der Waals surface area contributed by atoms with Crippen molar-refractivity contribution < 1.29 is 4.79 Å². The number of aryl methyl sites for hydroxylation is 1. The van der Waals surface area contributed by atoms with Crippen LogP contribution < -0.4 is 10.6 Å². The summed E-state index contributed by atoms with van der Waals surface area (Å²) in [5.41, 5.74) is 1.48. The number of halogens is 2. The summed E-state index contributed by atoms with van der Waals surface area (Å²) >= 11 is 12.1. The van der Waals surface area contributed by atoms with E-state index in [0.717, 1.165) is 12.1 Å². The van der Waals surface area contributed by atoms with Gasteiger partial charge in [0.15, 0.2) is 0 Å². The first-order valence-corrected chi connectivity index (χ1v) is 7.09. The third-order valence-corrected chi connectivity index (χ3v) is 3.46. The molecule has 0 saturated carbocycles. The highest BCUT2D eigenvalue weighted by Crippen LogP contribution is 2.29. The molecule has 0 bridgehead atoms. The number of carbonyl (C=O) groups excluding carboxylic acids is 1. The summed E-state index contributed by atoms with van der Waals surface area (Å²) in [5.74, 6) is 0.220. The van der Waals surface area contributed by atoms with Gasteiger partial charge in [-0.1, -0.05) is 23.2 Å². The van der Waals surface area contributed by atoms with Crippen LogP contribution in [-0.2, 0) is 0 Å². The number of carbonyl (C=O) groups is 1. The molecule has 0 aliphatic carbocycles. The van der Waals surface area contributed by atoms with Crippen LogP contribution >= 0.6 is 23.2 Å². The summed E-state index contributed by atoms with van der Waals surface area (Å²) < 4.78 is 0. The Hall–Kier alpha value is -1.85. The summed E-state index contributed by atoms with van der Waals surface area (Å²) in [6, 6.07) is 3.30. The minimum Gasteiger partial charge on any atom is -0.369 e. The Kier molecular flexibility index (Phi) is 4.98. The Morgan fingerprint density at radius 2 is 1.95 bits per heavy atom. The van der Waals surface area contributed by atoms with E-state index in [2.05, 4.69) is 20.6 Å². The Labute approximate surface area is 132 Å². The predicted molar refractivity (Wildman–Crippen MR) is 85.3 cm³/mol. The fourth-order valence-electron chi connectivity index (χ4n) is 1.65. The van der Waals surface area contributed by atoms with E-state index in [-0.39, 0.29) is 5.69 Å². The molecule has 0 aliphatic rings. The summed E-state index contributed by atoms with van der Waals surface area (Å²) in [7, 11) is 0. The zero-order valence-corrected chi connectivity index (χ0v) is 13.1. The van der Waals surface area contributed by atoms with E-state index >= 15 is 0 Å². The van der Waals surface area contributed by atoms with Crippen LogP contribution in [0.1, 0.15) is 23.0 Å². The third-order valence-electron chi connectivity index (χ3n) is 2.74. The zero-order valence-electron chi connectivity index (χ0n) is 11.6. The van der Waals surface area contributed by atoms with Gasteiger partial charge in [-0.2, -0.15) is 0 Å². The van der Waals surface area contributed by atoms with Gasteiger partial charge in [-0.25, -0.2) is 9.97 Å². The highest BCUT2D eigenvalue weighted by molar-refractivity contribution is 6.36. The first-order valence-electron chi connectivity index (χ1n) is 6.34. The van der Waals surface area contributed by atoms with Crippen molar-refractivity contribution in [2.24, 2.45) is 0 Å². The smallest absolute Gasteiger partial charge is 0.275 e. The molecule has 0 aliphatic heterocycles. The van der Waals surface area contributed by atoms with Gasteiger partial charge in [0, 0.05) is 11.6 Å². The van der Waals surface area contributed by atoms with Crippen molar-refractivity contribution in [1.82, 2.24) is 9.97 Å². The highest BCUT2D eigenvalue weighted by Gasteiger charge is 2.12. The summed E-state index contributed by atoms with van der Waals surface area (Å²) in [4.78, 5) is 20.2. The van der Waals surface area contributed by atoms with Gasteiger partial charge < -0.3 is 10.6 Å². The maximum absolute atomic E-state index is 12.1. The minimum absolute atomic E-state index is 0.199. The third kappa shape index (κ3) is 3.83. The van der Waals surface area contributed by atoms with Gasteiger partial charge in [0.25, 0.3) is 5.91 Å². The van der Waals surface area contributed by atoms with E-state index in [1.54, 1.807) is 12.1 Å². The Balaban J connectivity index is 2.16. The van der Waals surface area contributed by atoms with E-state index in [0.29, 0.717) is 21.6 Å². The Morgan fingerprint density at radius 3 is 2.57 bits per heavy atom. The fourth-order valence-corrected chi connectivity index (χ4v) is 2.08. The van der Waals surface area contributed by atoms with Crippen molar-refractivity contribution in [2.75, 3.05) is 17.2 Å². The number of rotatable bonds is 4. The van der Waals surface area contributed by atoms with Crippen LogP contribution in [0.25, 0.3) is 0 Å². The van der Waals surface area contributed by atoms with E-state index in [4.69, 9.17) is 23.2 Å². The van der Waals surface area contributed by atoms with Crippen molar-refractivity contribution in [3.8, 4) is 0 Å². The fraction of sp³-hybridized carbons (Fsp3) is 0.214. The number of nitrogens with one attached hydrogen (secondary N) is 2. The van der Waals surface area contributed by atoms with Crippen LogP contribution in [0.3, 0.4) is 0 Å². The maximum Gasteiger partial charge on any atom is 0.275 e. The molecule has 0 radical (unpaired) electrons.